The summed E-state index contributed by atoms with van der Waals surface area (Å²) in [4.78, 5) is 18.9. The van der Waals surface area contributed by atoms with E-state index in [0.29, 0.717) is 11.7 Å². The quantitative estimate of drug-likeness (QED) is 0.924. The Morgan fingerprint density at radius 2 is 2.32 bits per heavy atom. The fourth-order valence-electron chi connectivity index (χ4n) is 2.60. The van der Waals surface area contributed by atoms with Gasteiger partial charge in [0.1, 0.15) is 10.7 Å². The highest BCUT2D eigenvalue weighted by atomic mass is 35.5. The SMILES string of the molecule is CNC1CCCN(C(=O)c2csc(-c3cnn(C)c3)n2)C1.Cl. The molecule has 22 heavy (non-hydrogen) atoms. The lowest BCUT2D eigenvalue weighted by Crippen LogP contribution is -2.47. The van der Waals surface area contributed by atoms with E-state index in [4.69, 9.17) is 0 Å². The molecule has 3 heterocycles. The second kappa shape index (κ2) is 7.21. The van der Waals surface area contributed by atoms with Gasteiger partial charge in [0, 0.05) is 43.3 Å². The number of hydrogen-bond acceptors (Lipinski definition) is 5. The van der Waals surface area contributed by atoms with Crippen LogP contribution in [0.4, 0.5) is 0 Å². The van der Waals surface area contributed by atoms with Crippen LogP contribution in [-0.2, 0) is 7.05 Å². The van der Waals surface area contributed by atoms with Crippen molar-refractivity contribution in [2.45, 2.75) is 18.9 Å². The molecule has 0 radical (unpaired) electrons. The molecule has 1 saturated heterocycles. The first-order valence-electron chi connectivity index (χ1n) is 7.08. The highest BCUT2D eigenvalue weighted by molar-refractivity contribution is 7.13. The van der Waals surface area contributed by atoms with Gasteiger partial charge in [-0.15, -0.1) is 23.7 Å². The third kappa shape index (κ3) is 3.48. The van der Waals surface area contributed by atoms with Gasteiger partial charge in [0.25, 0.3) is 5.91 Å². The second-order valence-electron chi connectivity index (χ2n) is 5.32. The van der Waals surface area contributed by atoms with Crippen LogP contribution >= 0.6 is 23.7 Å². The van der Waals surface area contributed by atoms with Crippen LogP contribution < -0.4 is 5.32 Å². The number of halogens is 1. The van der Waals surface area contributed by atoms with Crippen LogP contribution in [0.2, 0.25) is 0 Å². The van der Waals surface area contributed by atoms with Gasteiger partial charge in [-0.2, -0.15) is 5.10 Å². The molecule has 0 saturated carbocycles. The number of aromatic nitrogens is 3. The summed E-state index contributed by atoms with van der Waals surface area (Å²) in [5.74, 6) is 0.0290. The Kier molecular flexibility index (Phi) is 5.55. The summed E-state index contributed by atoms with van der Waals surface area (Å²) in [6.45, 7) is 1.58. The van der Waals surface area contributed by atoms with Crippen LogP contribution in [0.1, 0.15) is 23.3 Å². The van der Waals surface area contributed by atoms with Crippen LogP contribution in [0.15, 0.2) is 17.8 Å². The maximum absolute atomic E-state index is 12.5. The maximum atomic E-state index is 12.5. The van der Waals surface area contributed by atoms with Crippen molar-refractivity contribution in [1.82, 2.24) is 25.0 Å². The van der Waals surface area contributed by atoms with E-state index >= 15 is 0 Å². The number of carbonyl (C=O) groups excluding carboxylic acids is 1. The topological polar surface area (TPSA) is 63.1 Å². The third-order valence-electron chi connectivity index (χ3n) is 3.79. The van der Waals surface area contributed by atoms with Crippen molar-refractivity contribution in [3.8, 4) is 10.6 Å². The average molecular weight is 342 g/mol. The van der Waals surface area contributed by atoms with Crippen molar-refractivity contribution >= 4 is 29.7 Å². The Bertz CT molecular complexity index is 641. The molecule has 6 nitrogen and oxygen atoms in total. The Morgan fingerprint density at radius 3 is 3.00 bits per heavy atom. The normalized spacial score (nSPS) is 18.1. The molecule has 1 unspecified atom stereocenters. The number of carbonyl (C=O) groups is 1. The molecule has 8 heteroatoms. The van der Waals surface area contributed by atoms with Crippen LogP contribution in [0.25, 0.3) is 10.6 Å². The Hall–Kier alpha value is -1.44. The first-order chi connectivity index (χ1) is 10.2. The standard InChI is InChI=1S/C14H19N5OS.ClH/c1-15-11-4-3-5-19(8-11)14(20)12-9-21-13(17-12)10-6-16-18(2)7-10;/h6-7,9,11,15H,3-5,8H2,1-2H3;1H. The molecule has 2 aromatic rings. The van der Waals surface area contributed by atoms with Gasteiger partial charge in [0.05, 0.1) is 6.20 Å². The first-order valence-corrected chi connectivity index (χ1v) is 7.96. The highest BCUT2D eigenvalue weighted by Gasteiger charge is 2.25. The predicted molar refractivity (Wildman–Crippen MR) is 89.5 cm³/mol. The molecule has 1 fully saturated rings. The number of likely N-dealkylation sites (tertiary alicyclic amines) is 1. The molecule has 1 atom stereocenters. The van der Waals surface area contributed by atoms with Crippen LogP contribution in [0.3, 0.4) is 0 Å². The van der Waals surface area contributed by atoms with E-state index in [0.717, 1.165) is 36.5 Å². The number of likely N-dealkylation sites (N-methyl/N-ethyl adjacent to an activating group) is 1. The number of rotatable bonds is 3. The zero-order valence-corrected chi connectivity index (χ0v) is 14.3. The third-order valence-corrected chi connectivity index (χ3v) is 4.68. The minimum atomic E-state index is 0. The van der Waals surface area contributed by atoms with Gasteiger partial charge in [-0.25, -0.2) is 4.98 Å². The van der Waals surface area contributed by atoms with E-state index in [1.165, 1.54) is 11.3 Å². The van der Waals surface area contributed by atoms with E-state index in [2.05, 4.69) is 15.4 Å². The van der Waals surface area contributed by atoms with Crippen molar-refractivity contribution in [3.05, 3.63) is 23.5 Å². The van der Waals surface area contributed by atoms with E-state index < -0.39 is 0 Å². The van der Waals surface area contributed by atoms with Gasteiger partial charge in [-0.3, -0.25) is 9.48 Å². The minimum Gasteiger partial charge on any atom is -0.336 e. The summed E-state index contributed by atoms with van der Waals surface area (Å²) in [7, 11) is 3.82. The van der Waals surface area contributed by atoms with Crippen molar-refractivity contribution in [1.29, 1.82) is 0 Å². The average Bonchev–Trinajstić information content (AvgIpc) is 3.15. The molecule has 2 aromatic heterocycles. The van der Waals surface area contributed by atoms with Gasteiger partial charge >= 0.3 is 0 Å². The zero-order chi connectivity index (χ0) is 14.8. The van der Waals surface area contributed by atoms with Crippen LogP contribution in [-0.4, -0.2) is 51.8 Å². The lowest BCUT2D eigenvalue weighted by Gasteiger charge is -2.32. The molecule has 120 valence electrons. The van der Waals surface area contributed by atoms with Gasteiger partial charge < -0.3 is 10.2 Å². The molecule has 1 amide bonds. The van der Waals surface area contributed by atoms with Gasteiger partial charge in [-0.05, 0) is 19.9 Å². The predicted octanol–water partition coefficient (Wildman–Crippen LogP) is 1.79. The Labute approximate surface area is 139 Å². The summed E-state index contributed by atoms with van der Waals surface area (Å²) < 4.78 is 1.74. The Balaban J connectivity index is 0.00000176. The molecule has 0 aliphatic carbocycles. The number of nitrogens with one attached hydrogen (secondary N) is 1. The van der Waals surface area contributed by atoms with E-state index in [-0.39, 0.29) is 18.3 Å². The summed E-state index contributed by atoms with van der Waals surface area (Å²) in [6.07, 6.45) is 5.84. The summed E-state index contributed by atoms with van der Waals surface area (Å²) in [5, 5.41) is 10.1. The number of amides is 1. The summed E-state index contributed by atoms with van der Waals surface area (Å²) >= 11 is 1.49. The van der Waals surface area contributed by atoms with E-state index in [1.54, 1.807) is 10.9 Å². The molecule has 0 spiro atoms. The second-order valence-corrected chi connectivity index (χ2v) is 6.18. The summed E-state index contributed by atoms with van der Waals surface area (Å²) in [5.41, 5.74) is 1.49. The Morgan fingerprint density at radius 1 is 1.50 bits per heavy atom. The van der Waals surface area contributed by atoms with Crippen molar-refractivity contribution in [3.63, 3.8) is 0 Å². The molecular weight excluding hydrogens is 322 g/mol. The van der Waals surface area contributed by atoms with Crippen molar-refractivity contribution in [2.24, 2.45) is 7.05 Å². The molecule has 0 aromatic carbocycles. The molecule has 0 bridgehead atoms. The van der Waals surface area contributed by atoms with Crippen molar-refractivity contribution in [2.75, 3.05) is 20.1 Å². The minimum absolute atomic E-state index is 0. The van der Waals surface area contributed by atoms with Gasteiger partial charge in [0.15, 0.2) is 0 Å². The fraction of sp³-hybridized carbons (Fsp3) is 0.500. The summed E-state index contributed by atoms with van der Waals surface area (Å²) in [6, 6.07) is 0.388. The zero-order valence-electron chi connectivity index (χ0n) is 12.7. The molecule has 1 aliphatic rings. The first kappa shape index (κ1) is 16.9. The van der Waals surface area contributed by atoms with Crippen LogP contribution in [0.5, 0.6) is 0 Å². The molecule has 1 aliphatic heterocycles. The van der Waals surface area contributed by atoms with Crippen molar-refractivity contribution < 1.29 is 4.79 Å². The smallest absolute Gasteiger partial charge is 0.273 e. The number of thiazole rings is 1. The van der Waals surface area contributed by atoms with Gasteiger partial charge in [-0.1, -0.05) is 0 Å². The highest BCUT2D eigenvalue weighted by Crippen LogP contribution is 2.24. The van der Waals surface area contributed by atoms with E-state index in [1.807, 2.05) is 30.6 Å². The fourth-order valence-corrected chi connectivity index (χ4v) is 3.36. The largest absolute Gasteiger partial charge is 0.336 e. The molecule has 3 rings (SSSR count). The monoisotopic (exact) mass is 341 g/mol. The van der Waals surface area contributed by atoms with E-state index in [9.17, 15) is 4.79 Å². The van der Waals surface area contributed by atoms with Crippen LogP contribution in [0, 0.1) is 0 Å². The number of hydrogen-bond donors (Lipinski definition) is 1. The number of nitrogens with zero attached hydrogens (tertiary/aromatic N) is 4. The molecule has 1 N–H and O–H groups in total. The molecular formula is C14H20ClN5OS. The van der Waals surface area contributed by atoms with Gasteiger partial charge in [0.2, 0.25) is 0 Å². The lowest BCUT2D eigenvalue weighted by atomic mass is 10.1. The maximum Gasteiger partial charge on any atom is 0.273 e. The number of piperidine rings is 1. The number of aryl methyl sites for hydroxylation is 1. The lowest BCUT2D eigenvalue weighted by molar-refractivity contribution is 0.0693.